The summed E-state index contributed by atoms with van der Waals surface area (Å²) in [7, 11) is -1.06. The van der Waals surface area contributed by atoms with E-state index in [1.807, 2.05) is 13.8 Å². The summed E-state index contributed by atoms with van der Waals surface area (Å²) < 4.78 is 31.3. The first kappa shape index (κ1) is 22.6. The molecule has 1 aromatic carbocycles. The third-order valence-electron chi connectivity index (χ3n) is 3.36. The molecule has 7 nitrogen and oxygen atoms in total. The standard InChI is InChI=1S/C15H25N3O4S.ClH/c1-10(2)7-12(9-16)18-15(19)11-5-6-13(22-4)14(8-11)23(20,21)17-3;/h5-6,8,10,12,17H,7,9,16H2,1-4H3,(H,18,19);1H. The Labute approximate surface area is 149 Å². The fourth-order valence-electron chi connectivity index (χ4n) is 2.19. The number of rotatable bonds is 8. The Hall–Kier alpha value is -1.35. The largest absolute Gasteiger partial charge is 0.495 e. The second-order valence-electron chi connectivity index (χ2n) is 5.61. The lowest BCUT2D eigenvalue weighted by Gasteiger charge is -2.19. The number of sulfonamides is 1. The Bertz CT molecular complexity index is 650. The number of methoxy groups -OCH3 is 1. The lowest BCUT2D eigenvalue weighted by molar-refractivity contribution is 0.0933. The van der Waals surface area contributed by atoms with E-state index in [0.29, 0.717) is 12.5 Å². The smallest absolute Gasteiger partial charge is 0.251 e. The highest BCUT2D eigenvalue weighted by Crippen LogP contribution is 2.24. The number of carbonyl (C=O) groups is 1. The predicted octanol–water partition coefficient (Wildman–Crippen LogP) is 1.13. The van der Waals surface area contributed by atoms with Crippen molar-refractivity contribution < 1.29 is 17.9 Å². The van der Waals surface area contributed by atoms with Gasteiger partial charge in [-0.25, -0.2) is 13.1 Å². The Balaban J connectivity index is 0.00000529. The van der Waals surface area contributed by atoms with Gasteiger partial charge >= 0.3 is 0 Å². The van der Waals surface area contributed by atoms with E-state index in [0.717, 1.165) is 6.42 Å². The lowest BCUT2D eigenvalue weighted by atomic mass is 10.0. The first-order chi connectivity index (χ1) is 10.7. The van der Waals surface area contributed by atoms with Crippen molar-refractivity contribution in [1.29, 1.82) is 0 Å². The van der Waals surface area contributed by atoms with Gasteiger partial charge in [0.1, 0.15) is 10.6 Å². The van der Waals surface area contributed by atoms with Gasteiger partial charge in [0.15, 0.2) is 0 Å². The summed E-state index contributed by atoms with van der Waals surface area (Å²) in [6.45, 7) is 4.40. The SMILES string of the molecule is CNS(=O)(=O)c1cc(C(=O)NC(CN)CC(C)C)ccc1OC.Cl. The quantitative estimate of drug-likeness (QED) is 0.627. The van der Waals surface area contributed by atoms with Gasteiger partial charge in [0.2, 0.25) is 10.0 Å². The highest BCUT2D eigenvalue weighted by atomic mass is 35.5. The zero-order chi connectivity index (χ0) is 17.6. The van der Waals surface area contributed by atoms with Crippen LogP contribution in [0.2, 0.25) is 0 Å². The Kier molecular flexibility index (Phi) is 9.27. The summed E-state index contributed by atoms with van der Waals surface area (Å²) in [5, 5.41) is 2.83. The molecule has 0 bridgehead atoms. The minimum Gasteiger partial charge on any atom is -0.495 e. The van der Waals surface area contributed by atoms with Gasteiger partial charge in [0.25, 0.3) is 5.91 Å². The van der Waals surface area contributed by atoms with Crippen LogP contribution in [-0.4, -0.2) is 41.1 Å². The Morgan fingerprint density at radius 3 is 2.42 bits per heavy atom. The molecule has 138 valence electrons. The van der Waals surface area contributed by atoms with Crippen LogP contribution >= 0.6 is 12.4 Å². The van der Waals surface area contributed by atoms with Crippen molar-refractivity contribution in [3.05, 3.63) is 23.8 Å². The monoisotopic (exact) mass is 379 g/mol. The van der Waals surface area contributed by atoms with E-state index in [9.17, 15) is 13.2 Å². The van der Waals surface area contributed by atoms with Crippen LogP contribution < -0.4 is 20.5 Å². The molecule has 0 aromatic heterocycles. The highest BCUT2D eigenvalue weighted by Gasteiger charge is 2.21. The second-order valence-corrected chi connectivity index (χ2v) is 7.46. The Morgan fingerprint density at radius 1 is 1.33 bits per heavy atom. The number of benzene rings is 1. The number of carbonyl (C=O) groups excluding carboxylic acids is 1. The third kappa shape index (κ3) is 5.94. The molecular weight excluding hydrogens is 354 g/mol. The van der Waals surface area contributed by atoms with E-state index < -0.39 is 10.0 Å². The molecule has 0 heterocycles. The molecule has 1 unspecified atom stereocenters. The average Bonchev–Trinajstić information content (AvgIpc) is 2.52. The number of nitrogens with one attached hydrogen (secondary N) is 2. The molecule has 1 rings (SSSR count). The highest BCUT2D eigenvalue weighted by molar-refractivity contribution is 7.89. The van der Waals surface area contributed by atoms with Crippen molar-refractivity contribution in [3.63, 3.8) is 0 Å². The van der Waals surface area contributed by atoms with Crippen LogP contribution in [0.15, 0.2) is 23.1 Å². The number of ether oxygens (including phenoxy) is 1. The summed E-state index contributed by atoms with van der Waals surface area (Å²) in [6.07, 6.45) is 0.750. The van der Waals surface area contributed by atoms with E-state index in [-0.39, 0.29) is 40.6 Å². The summed E-state index contributed by atoms with van der Waals surface area (Å²) in [5.74, 6) is 0.199. The van der Waals surface area contributed by atoms with Gasteiger partial charge < -0.3 is 15.8 Å². The maximum absolute atomic E-state index is 12.3. The minimum atomic E-state index is -3.73. The van der Waals surface area contributed by atoms with Crippen molar-refractivity contribution >= 4 is 28.3 Å². The fourth-order valence-corrected chi connectivity index (χ4v) is 3.11. The van der Waals surface area contributed by atoms with Gasteiger partial charge in [-0.1, -0.05) is 13.8 Å². The number of hydrogen-bond donors (Lipinski definition) is 3. The molecule has 0 aliphatic heterocycles. The number of hydrogen-bond acceptors (Lipinski definition) is 5. The molecule has 1 atom stereocenters. The first-order valence-corrected chi connectivity index (χ1v) is 8.86. The zero-order valence-corrected chi connectivity index (χ0v) is 16.0. The van der Waals surface area contributed by atoms with Crippen LogP contribution in [0.3, 0.4) is 0 Å². The predicted molar refractivity (Wildman–Crippen MR) is 96.3 cm³/mol. The molecule has 0 aliphatic rings. The van der Waals surface area contributed by atoms with Crippen LogP contribution in [0, 0.1) is 5.92 Å². The summed E-state index contributed by atoms with van der Waals surface area (Å²) in [5.41, 5.74) is 5.91. The second kappa shape index (κ2) is 9.83. The van der Waals surface area contributed by atoms with E-state index >= 15 is 0 Å². The van der Waals surface area contributed by atoms with Crippen molar-refractivity contribution in [3.8, 4) is 5.75 Å². The van der Waals surface area contributed by atoms with Crippen LogP contribution in [-0.2, 0) is 10.0 Å². The van der Waals surface area contributed by atoms with E-state index in [2.05, 4.69) is 10.0 Å². The third-order valence-corrected chi connectivity index (χ3v) is 4.80. The summed E-state index contributed by atoms with van der Waals surface area (Å²) in [6, 6.07) is 4.11. The number of halogens is 1. The molecular formula is C15H26ClN3O4S. The topological polar surface area (TPSA) is 111 Å². The van der Waals surface area contributed by atoms with Gasteiger partial charge in [0, 0.05) is 18.2 Å². The maximum Gasteiger partial charge on any atom is 0.251 e. The molecule has 0 radical (unpaired) electrons. The van der Waals surface area contributed by atoms with Gasteiger partial charge in [0.05, 0.1) is 7.11 Å². The summed E-state index contributed by atoms with van der Waals surface area (Å²) >= 11 is 0. The van der Waals surface area contributed by atoms with Gasteiger partial charge in [-0.3, -0.25) is 4.79 Å². The molecule has 1 amide bonds. The minimum absolute atomic E-state index is 0. The lowest BCUT2D eigenvalue weighted by Crippen LogP contribution is -2.41. The molecule has 0 saturated heterocycles. The first-order valence-electron chi connectivity index (χ1n) is 7.37. The van der Waals surface area contributed by atoms with Crippen LogP contribution in [0.5, 0.6) is 5.75 Å². The molecule has 1 aromatic rings. The van der Waals surface area contributed by atoms with Gasteiger partial charge in [-0.2, -0.15) is 0 Å². The molecule has 9 heteroatoms. The zero-order valence-electron chi connectivity index (χ0n) is 14.3. The van der Waals surface area contributed by atoms with Gasteiger partial charge in [-0.15, -0.1) is 12.4 Å². The van der Waals surface area contributed by atoms with E-state index in [1.54, 1.807) is 0 Å². The number of amides is 1. The molecule has 0 saturated carbocycles. The average molecular weight is 380 g/mol. The van der Waals surface area contributed by atoms with Crippen LogP contribution in [0.4, 0.5) is 0 Å². The molecule has 0 fully saturated rings. The van der Waals surface area contributed by atoms with Crippen molar-refractivity contribution in [2.24, 2.45) is 11.7 Å². The summed E-state index contributed by atoms with van der Waals surface area (Å²) in [4.78, 5) is 12.3. The van der Waals surface area contributed by atoms with Crippen LogP contribution in [0.1, 0.15) is 30.6 Å². The van der Waals surface area contributed by atoms with Crippen molar-refractivity contribution in [2.45, 2.75) is 31.2 Å². The van der Waals surface area contributed by atoms with E-state index in [1.165, 1.54) is 32.4 Å². The number of nitrogens with two attached hydrogens (primary N) is 1. The molecule has 0 aliphatic carbocycles. The van der Waals surface area contributed by atoms with Crippen molar-refractivity contribution in [2.75, 3.05) is 20.7 Å². The normalized spacial score (nSPS) is 12.4. The van der Waals surface area contributed by atoms with E-state index in [4.69, 9.17) is 10.5 Å². The molecule has 4 N–H and O–H groups in total. The maximum atomic E-state index is 12.3. The fraction of sp³-hybridized carbons (Fsp3) is 0.533. The van der Waals surface area contributed by atoms with Crippen molar-refractivity contribution in [1.82, 2.24) is 10.0 Å². The van der Waals surface area contributed by atoms with Crippen LogP contribution in [0.25, 0.3) is 0 Å². The Morgan fingerprint density at radius 2 is 1.96 bits per heavy atom. The van der Waals surface area contributed by atoms with Gasteiger partial charge in [-0.05, 0) is 37.6 Å². The molecule has 0 spiro atoms. The molecule has 24 heavy (non-hydrogen) atoms.